The fraction of sp³-hybridized carbons (Fsp3) is 0.222. The third-order valence-corrected chi connectivity index (χ3v) is 3.21. The Morgan fingerprint density at radius 1 is 1.00 bits per heavy atom. The Morgan fingerprint density at radius 2 is 1.61 bits per heavy atom. The molecule has 0 radical (unpaired) electrons. The zero-order valence-electron chi connectivity index (χ0n) is 13.1. The zero-order valence-corrected chi connectivity index (χ0v) is 13.1. The van der Waals surface area contributed by atoms with Crippen LogP contribution >= 0.6 is 0 Å². The number of amides is 1. The molecule has 2 rings (SSSR count). The first-order valence-electron chi connectivity index (χ1n) is 7.25. The number of esters is 1. The monoisotopic (exact) mass is 313 g/mol. The number of rotatable bonds is 6. The smallest absolute Gasteiger partial charge is 0.328 e. The summed E-state index contributed by atoms with van der Waals surface area (Å²) in [6.07, 6.45) is 0.359. The molecule has 1 atom stereocenters. The number of benzene rings is 2. The average Bonchev–Trinajstić information content (AvgIpc) is 2.56. The van der Waals surface area contributed by atoms with E-state index < -0.39 is 12.0 Å². The van der Waals surface area contributed by atoms with Crippen molar-refractivity contribution in [1.82, 2.24) is 5.32 Å². The van der Waals surface area contributed by atoms with Gasteiger partial charge in [0, 0.05) is 13.3 Å². The van der Waals surface area contributed by atoms with E-state index in [0.717, 1.165) is 11.3 Å². The predicted octanol–water partition coefficient (Wildman–Crippen LogP) is 2.70. The Morgan fingerprint density at radius 3 is 2.17 bits per heavy atom. The van der Waals surface area contributed by atoms with Crippen LogP contribution in [-0.2, 0) is 20.7 Å². The van der Waals surface area contributed by atoms with Gasteiger partial charge in [-0.15, -0.1) is 0 Å². The van der Waals surface area contributed by atoms with Crippen LogP contribution in [0.25, 0.3) is 0 Å². The Kier molecular flexibility index (Phi) is 5.74. The third-order valence-electron chi connectivity index (χ3n) is 3.21. The molecule has 1 N–H and O–H groups in total. The van der Waals surface area contributed by atoms with Gasteiger partial charge in [0.15, 0.2) is 0 Å². The van der Waals surface area contributed by atoms with Crippen molar-refractivity contribution in [2.24, 2.45) is 0 Å². The average molecular weight is 313 g/mol. The van der Waals surface area contributed by atoms with E-state index in [1.807, 2.05) is 54.6 Å². The molecule has 23 heavy (non-hydrogen) atoms. The molecule has 0 bridgehead atoms. The lowest BCUT2D eigenvalue weighted by atomic mass is 10.1. The first-order valence-corrected chi connectivity index (χ1v) is 7.25. The molecule has 0 aliphatic carbocycles. The molecule has 0 heterocycles. The topological polar surface area (TPSA) is 64.6 Å². The maximum atomic E-state index is 11.7. The van der Waals surface area contributed by atoms with Crippen molar-refractivity contribution in [2.75, 3.05) is 7.11 Å². The SMILES string of the molecule is COC(=O)[C@@H](Cc1ccc(Oc2ccccc2)cc1)NC(C)=O. The Labute approximate surface area is 135 Å². The largest absolute Gasteiger partial charge is 0.467 e. The number of methoxy groups -OCH3 is 1. The molecule has 1 amide bonds. The summed E-state index contributed by atoms with van der Waals surface area (Å²) in [4.78, 5) is 22.9. The van der Waals surface area contributed by atoms with E-state index in [1.165, 1.54) is 14.0 Å². The standard InChI is InChI=1S/C18H19NO4/c1-13(20)19-17(18(21)22-2)12-14-8-10-16(11-9-14)23-15-6-4-3-5-7-15/h3-11,17H,12H2,1-2H3,(H,19,20)/t17-/m1/s1. The molecular formula is C18H19NO4. The molecule has 5 nitrogen and oxygen atoms in total. The third kappa shape index (κ3) is 5.14. The van der Waals surface area contributed by atoms with E-state index in [1.54, 1.807) is 0 Å². The normalized spacial score (nSPS) is 11.4. The van der Waals surface area contributed by atoms with Crippen LogP contribution in [0.15, 0.2) is 54.6 Å². The van der Waals surface area contributed by atoms with E-state index >= 15 is 0 Å². The number of nitrogens with one attached hydrogen (secondary N) is 1. The van der Waals surface area contributed by atoms with E-state index in [4.69, 9.17) is 9.47 Å². The highest BCUT2D eigenvalue weighted by molar-refractivity contribution is 5.83. The number of carbonyl (C=O) groups excluding carboxylic acids is 2. The highest BCUT2D eigenvalue weighted by Gasteiger charge is 2.20. The summed E-state index contributed by atoms with van der Waals surface area (Å²) in [6.45, 7) is 1.37. The highest BCUT2D eigenvalue weighted by atomic mass is 16.5. The van der Waals surface area contributed by atoms with Gasteiger partial charge in [-0.3, -0.25) is 4.79 Å². The van der Waals surface area contributed by atoms with Crippen LogP contribution < -0.4 is 10.1 Å². The van der Waals surface area contributed by atoms with Crippen LogP contribution in [0.5, 0.6) is 11.5 Å². The summed E-state index contributed by atoms with van der Waals surface area (Å²) in [5.41, 5.74) is 0.898. The van der Waals surface area contributed by atoms with Gasteiger partial charge in [-0.1, -0.05) is 30.3 Å². The second-order valence-electron chi connectivity index (χ2n) is 5.04. The van der Waals surface area contributed by atoms with Crippen molar-refractivity contribution in [3.63, 3.8) is 0 Å². The summed E-state index contributed by atoms with van der Waals surface area (Å²) in [6, 6.07) is 16.1. The number of carbonyl (C=O) groups is 2. The molecule has 0 unspecified atom stereocenters. The summed E-state index contributed by atoms with van der Waals surface area (Å²) in [5.74, 6) is 0.717. The van der Waals surface area contributed by atoms with Gasteiger partial charge >= 0.3 is 5.97 Å². The van der Waals surface area contributed by atoms with Gasteiger partial charge in [0.1, 0.15) is 17.5 Å². The molecule has 120 valence electrons. The molecular weight excluding hydrogens is 294 g/mol. The maximum absolute atomic E-state index is 11.7. The van der Waals surface area contributed by atoms with Crippen LogP contribution in [0, 0.1) is 0 Å². The minimum absolute atomic E-state index is 0.274. The van der Waals surface area contributed by atoms with E-state index in [0.29, 0.717) is 12.2 Å². The number of hydrogen-bond donors (Lipinski definition) is 1. The number of hydrogen-bond acceptors (Lipinski definition) is 4. The summed E-state index contributed by atoms with van der Waals surface area (Å²) in [7, 11) is 1.30. The zero-order chi connectivity index (χ0) is 16.7. The quantitative estimate of drug-likeness (QED) is 0.833. The minimum atomic E-state index is -0.696. The lowest BCUT2D eigenvalue weighted by Gasteiger charge is -2.15. The summed E-state index contributed by atoms with van der Waals surface area (Å²) in [5, 5.41) is 2.59. The van der Waals surface area contributed by atoms with Gasteiger partial charge < -0.3 is 14.8 Å². The van der Waals surface area contributed by atoms with E-state index in [9.17, 15) is 9.59 Å². The molecule has 0 aromatic heterocycles. The minimum Gasteiger partial charge on any atom is -0.467 e. The fourth-order valence-corrected chi connectivity index (χ4v) is 2.13. The lowest BCUT2D eigenvalue weighted by Crippen LogP contribution is -2.41. The van der Waals surface area contributed by atoms with Crippen LogP contribution in [-0.4, -0.2) is 25.0 Å². The van der Waals surface area contributed by atoms with E-state index in [2.05, 4.69) is 5.32 Å². The van der Waals surface area contributed by atoms with Gasteiger partial charge in [0.2, 0.25) is 5.91 Å². The summed E-state index contributed by atoms with van der Waals surface area (Å²) < 4.78 is 10.4. The van der Waals surface area contributed by atoms with Gasteiger partial charge in [-0.2, -0.15) is 0 Å². The van der Waals surface area contributed by atoms with Gasteiger partial charge in [0.05, 0.1) is 7.11 Å². The van der Waals surface area contributed by atoms with Crippen LogP contribution in [0.3, 0.4) is 0 Å². The Bertz CT molecular complexity index is 652. The first-order chi connectivity index (χ1) is 11.1. The molecule has 0 spiro atoms. The van der Waals surface area contributed by atoms with Gasteiger partial charge in [-0.25, -0.2) is 4.79 Å². The molecule has 0 saturated heterocycles. The van der Waals surface area contributed by atoms with Crippen LogP contribution in [0.1, 0.15) is 12.5 Å². The molecule has 2 aromatic carbocycles. The predicted molar refractivity (Wildman–Crippen MR) is 86.3 cm³/mol. The van der Waals surface area contributed by atoms with Crippen molar-refractivity contribution < 1.29 is 19.1 Å². The highest BCUT2D eigenvalue weighted by Crippen LogP contribution is 2.21. The maximum Gasteiger partial charge on any atom is 0.328 e. The van der Waals surface area contributed by atoms with Gasteiger partial charge in [-0.05, 0) is 29.8 Å². The van der Waals surface area contributed by atoms with Gasteiger partial charge in [0.25, 0.3) is 0 Å². The molecule has 2 aromatic rings. The van der Waals surface area contributed by atoms with Crippen molar-refractivity contribution in [3.05, 3.63) is 60.2 Å². The van der Waals surface area contributed by atoms with Crippen LogP contribution in [0.4, 0.5) is 0 Å². The second-order valence-corrected chi connectivity index (χ2v) is 5.04. The molecule has 0 saturated carbocycles. The molecule has 0 aliphatic rings. The van der Waals surface area contributed by atoms with Crippen molar-refractivity contribution >= 4 is 11.9 Å². The van der Waals surface area contributed by atoms with Crippen molar-refractivity contribution in [3.8, 4) is 11.5 Å². The Hall–Kier alpha value is -2.82. The second kappa shape index (κ2) is 7.98. The molecule has 5 heteroatoms. The van der Waals surface area contributed by atoms with Crippen molar-refractivity contribution in [2.45, 2.75) is 19.4 Å². The first kappa shape index (κ1) is 16.5. The summed E-state index contributed by atoms with van der Waals surface area (Å²) >= 11 is 0. The van der Waals surface area contributed by atoms with Crippen molar-refractivity contribution in [1.29, 1.82) is 0 Å². The number of ether oxygens (including phenoxy) is 2. The van der Waals surface area contributed by atoms with Crippen LogP contribution in [0.2, 0.25) is 0 Å². The molecule has 0 aliphatic heterocycles. The molecule has 0 fully saturated rings. The lowest BCUT2D eigenvalue weighted by molar-refractivity contribution is -0.144. The number of para-hydroxylation sites is 1. The van der Waals surface area contributed by atoms with E-state index in [-0.39, 0.29) is 5.91 Å². The Balaban J connectivity index is 2.03. The fourth-order valence-electron chi connectivity index (χ4n) is 2.13.